The largest absolute Gasteiger partial charge is 0.367 e. The number of rotatable bonds is 3. The monoisotopic (exact) mass is 319 g/mol. The quantitative estimate of drug-likeness (QED) is 0.840. The Labute approximate surface area is 128 Å². The van der Waals surface area contributed by atoms with E-state index >= 15 is 0 Å². The molecule has 2 aliphatic heterocycles. The highest BCUT2D eigenvalue weighted by molar-refractivity contribution is 7.86. The normalized spacial score (nSPS) is 31.2. The van der Waals surface area contributed by atoms with E-state index in [0.717, 1.165) is 19.3 Å². The summed E-state index contributed by atoms with van der Waals surface area (Å²) in [5, 5.41) is 0. The summed E-state index contributed by atoms with van der Waals surface area (Å²) in [4.78, 5) is 0. The van der Waals surface area contributed by atoms with Crippen molar-refractivity contribution in [2.24, 2.45) is 5.73 Å². The Kier molecular flexibility index (Phi) is 4.71. The molecular weight excluding hydrogens is 290 g/mol. The Morgan fingerprint density at radius 3 is 2.24 bits per heavy atom. The molecule has 2 rings (SSSR count). The zero-order chi connectivity index (χ0) is 15.9. The Morgan fingerprint density at radius 1 is 1.14 bits per heavy atom. The van der Waals surface area contributed by atoms with Gasteiger partial charge in [-0.1, -0.05) is 6.42 Å². The molecule has 0 saturated carbocycles. The molecule has 0 aliphatic carbocycles. The Balaban J connectivity index is 2.25. The summed E-state index contributed by atoms with van der Waals surface area (Å²) < 4.78 is 35.2. The maximum Gasteiger partial charge on any atom is 0.282 e. The van der Waals surface area contributed by atoms with Gasteiger partial charge in [-0.05, 0) is 40.5 Å². The summed E-state index contributed by atoms with van der Waals surface area (Å²) in [7, 11) is -3.48. The number of hydrogen-bond donors (Lipinski definition) is 1. The molecular formula is C14H29N3O3S. The van der Waals surface area contributed by atoms with E-state index < -0.39 is 21.4 Å². The maximum absolute atomic E-state index is 13.0. The van der Waals surface area contributed by atoms with Gasteiger partial charge >= 0.3 is 0 Å². The minimum absolute atomic E-state index is 0.0715. The molecule has 0 spiro atoms. The van der Waals surface area contributed by atoms with Crippen molar-refractivity contribution in [2.75, 3.05) is 26.2 Å². The van der Waals surface area contributed by atoms with Gasteiger partial charge in [0.25, 0.3) is 10.2 Å². The fourth-order valence-electron chi connectivity index (χ4n) is 3.54. The van der Waals surface area contributed by atoms with Crippen LogP contribution in [0.4, 0.5) is 0 Å². The minimum atomic E-state index is -3.48. The first-order chi connectivity index (χ1) is 9.57. The van der Waals surface area contributed by atoms with Crippen molar-refractivity contribution < 1.29 is 13.2 Å². The summed E-state index contributed by atoms with van der Waals surface area (Å²) >= 11 is 0. The van der Waals surface area contributed by atoms with Crippen LogP contribution in [0.5, 0.6) is 0 Å². The standard InChI is InChI=1S/C14H29N3O3S/c1-13(2)10-16(11-14(3,4)20-13)21(18,19)17-8-6-5-7-12(17)9-15/h12H,5-11,15H2,1-4H3. The summed E-state index contributed by atoms with van der Waals surface area (Å²) in [6.45, 7) is 9.47. The van der Waals surface area contributed by atoms with E-state index in [1.165, 1.54) is 0 Å². The van der Waals surface area contributed by atoms with Crippen molar-refractivity contribution in [3.8, 4) is 0 Å². The van der Waals surface area contributed by atoms with Crippen molar-refractivity contribution >= 4 is 10.2 Å². The maximum atomic E-state index is 13.0. The van der Waals surface area contributed by atoms with Crippen LogP contribution in [0.1, 0.15) is 47.0 Å². The number of nitrogens with two attached hydrogens (primary N) is 1. The van der Waals surface area contributed by atoms with E-state index in [9.17, 15) is 8.42 Å². The van der Waals surface area contributed by atoms with Gasteiger partial charge < -0.3 is 10.5 Å². The first kappa shape index (κ1) is 17.1. The Morgan fingerprint density at radius 2 is 1.71 bits per heavy atom. The second-order valence-corrected chi connectivity index (χ2v) is 9.27. The molecule has 0 radical (unpaired) electrons. The lowest BCUT2D eigenvalue weighted by Crippen LogP contribution is -2.62. The van der Waals surface area contributed by atoms with Crippen LogP contribution in [-0.4, -0.2) is 60.5 Å². The number of morpholine rings is 1. The SMILES string of the molecule is CC1(C)CN(S(=O)(=O)N2CCCCC2CN)CC(C)(C)O1. The van der Waals surface area contributed by atoms with E-state index in [0.29, 0.717) is 26.2 Å². The van der Waals surface area contributed by atoms with Crippen molar-refractivity contribution in [2.45, 2.75) is 64.2 Å². The first-order valence-electron chi connectivity index (χ1n) is 7.75. The lowest BCUT2D eigenvalue weighted by atomic mass is 10.0. The third kappa shape index (κ3) is 3.76. The Hall–Kier alpha value is -0.210. The average molecular weight is 319 g/mol. The van der Waals surface area contributed by atoms with Gasteiger partial charge in [-0.2, -0.15) is 17.0 Å². The van der Waals surface area contributed by atoms with Gasteiger partial charge in [0.2, 0.25) is 0 Å². The lowest BCUT2D eigenvalue weighted by Gasteiger charge is -2.48. The van der Waals surface area contributed by atoms with Crippen molar-refractivity contribution in [1.29, 1.82) is 0 Å². The third-order valence-electron chi connectivity index (χ3n) is 4.13. The van der Waals surface area contributed by atoms with Crippen molar-refractivity contribution in [3.63, 3.8) is 0 Å². The van der Waals surface area contributed by atoms with Gasteiger partial charge in [0, 0.05) is 32.2 Å². The predicted octanol–water partition coefficient (Wildman–Crippen LogP) is 0.934. The molecule has 21 heavy (non-hydrogen) atoms. The molecule has 6 nitrogen and oxygen atoms in total. The molecule has 7 heteroatoms. The highest BCUT2D eigenvalue weighted by atomic mass is 32.2. The summed E-state index contributed by atoms with van der Waals surface area (Å²) in [6.07, 6.45) is 2.81. The molecule has 2 saturated heterocycles. The van der Waals surface area contributed by atoms with Crippen LogP contribution in [-0.2, 0) is 14.9 Å². The second-order valence-electron chi connectivity index (χ2n) is 7.39. The zero-order valence-electron chi connectivity index (χ0n) is 13.6. The molecule has 0 aromatic rings. The van der Waals surface area contributed by atoms with E-state index in [-0.39, 0.29) is 6.04 Å². The Bertz CT molecular complexity index is 460. The number of nitrogens with zero attached hydrogens (tertiary/aromatic N) is 2. The number of piperidine rings is 1. The van der Waals surface area contributed by atoms with Crippen LogP contribution in [0.3, 0.4) is 0 Å². The highest BCUT2D eigenvalue weighted by Gasteiger charge is 2.45. The smallest absolute Gasteiger partial charge is 0.282 e. The van der Waals surface area contributed by atoms with Gasteiger partial charge in [0.05, 0.1) is 11.2 Å². The van der Waals surface area contributed by atoms with Gasteiger partial charge in [-0.15, -0.1) is 0 Å². The van der Waals surface area contributed by atoms with E-state index in [1.807, 2.05) is 27.7 Å². The number of hydrogen-bond acceptors (Lipinski definition) is 4. The summed E-state index contributed by atoms with van der Waals surface area (Å²) in [5.74, 6) is 0. The van der Waals surface area contributed by atoms with Crippen LogP contribution in [0, 0.1) is 0 Å². The minimum Gasteiger partial charge on any atom is -0.367 e. The lowest BCUT2D eigenvalue weighted by molar-refractivity contribution is -0.164. The molecule has 1 atom stereocenters. The summed E-state index contributed by atoms with van der Waals surface area (Å²) in [5.41, 5.74) is 4.81. The van der Waals surface area contributed by atoms with Gasteiger partial charge in [0.1, 0.15) is 0 Å². The predicted molar refractivity (Wildman–Crippen MR) is 83.1 cm³/mol. The highest BCUT2D eigenvalue weighted by Crippen LogP contribution is 2.32. The van der Waals surface area contributed by atoms with Gasteiger partial charge in [-0.25, -0.2) is 0 Å². The van der Waals surface area contributed by atoms with Gasteiger partial charge in [-0.3, -0.25) is 0 Å². The number of ether oxygens (including phenoxy) is 1. The van der Waals surface area contributed by atoms with Crippen LogP contribution in [0.15, 0.2) is 0 Å². The van der Waals surface area contributed by atoms with Crippen molar-refractivity contribution in [1.82, 2.24) is 8.61 Å². The molecule has 2 N–H and O–H groups in total. The molecule has 2 heterocycles. The van der Waals surface area contributed by atoms with E-state index in [4.69, 9.17) is 10.5 Å². The van der Waals surface area contributed by atoms with Crippen LogP contribution < -0.4 is 5.73 Å². The van der Waals surface area contributed by atoms with E-state index in [2.05, 4.69) is 0 Å². The molecule has 124 valence electrons. The molecule has 2 aliphatic rings. The summed E-state index contributed by atoms with van der Waals surface area (Å²) in [6, 6.07) is -0.0715. The fourth-order valence-corrected chi connectivity index (χ4v) is 5.72. The topological polar surface area (TPSA) is 75.9 Å². The molecule has 1 unspecified atom stereocenters. The third-order valence-corrected chi connectivity index (χ3v) is 6.12. The van der Waals surface area contributed by atoms with Crippen LogP contribution in [0.2, 0.25) is 0 Å². The molecule has 0 bridgehead atoms. The molecule has 0 aromatic carbocycles. The molecule has 0 aromatic heterocycles. The molecule has 0 amide bonds. The molecule has 2 fully saturated rings. The average Bonchev–Trinajstić information content (AvgIpc) is 2.35. The van der Waals surface area contributed by atoms with Crippen molar-refractivity contribution in [3.05, 3.63) is 0 Å². The van der Waals surface area contributed by atoms with Crippen LogP contribution >= 0.6 is 0 Å². The second kappa shape index (κ2) is 5.77. The van der Waals surface area contributed by atoms with Gasteiger partial charge in [0.15, 0.2) is 0 Å². The first-order valence-corrected chi connectivity index (χ1v) is 9.14. The zero-order valence-corrected chi connectivity index (χ0v) is 14.4. The van der Waals surface area contributed by atoms with E-state index in [1.54, 1.807) is 8.61 Å². The fraction of sp³-hybridized carbons (Fsp3) is 1.00. The van der Waals surface area contributed by atoms with Crippen LogP contribution in [0.25, 0.3) is 0 Å².